The molecule has 1 aromatic carbocycles. The molecule has 30 heavy (non-hydrogen) atoms. The fourth-order valence-corrected chi connectivity index (χ4v) is 5.19. The zero-order valence-electron chi connectivity index (χ0n) is 16.5. The number of hydrogen-bond donors (Lipinski definition) is 1. The van der Waals surface area contributed by atoms with Gasteiger partial charge in [-0.25, -0.2) is 9.97 Å². The van der Waals surface area contributed by atoms with Crippen LogP contribution in [0.25, 0.3) is 21.5 Å². The number of thiazole rings is 1. The number of fused-ring (bicyclic) bond motifs is 1. The highest BCUT2D eigenvalue weighted by molar-refractivity contribution is 7.17. The van der Waals surface area contributed by atoms with Gasteiger partial charge in [-0.05, 0) is 47.9 Å². The lowest BCUT2D eigenvalue weighted by atomic mass is 9.89. The van der Waals surface area contributed by atoms with Crippen LogP contribution in [0.15, 0.2) is 52.7 Å². The molecule has 3 aromatic heterocycles. The molecular formula is C23H21N3O2S2. The maximum Gasteiger partial charge on any atom is 0.270 e. The van der Waals surface area contributed by atoms with Crippen LogP contribution >= 0.6 is 22.7 Å². The third kappa shape index (κ3) is 3.88. The van der Waals surface area contributed by atoms with E-state index in [9.17, 15) is 4.79 Å². The van der Waals surface area contributed by atoms with E-state index in [1.807, 2.05) is 23.0 Å². The van der Waals surface area contributed by atoms with Gasteiger partial charge in [-0.1, -0.05) is 24.3 Å². The Morgan fingerprint density at radius 2 is 2.07 bits per heavy atom. The van der Waals surface area contributed by atoms with E-state index in [0.717, 1.165) is 46.3 Å². The standard InChI is InChI=1S/C23H21N3O2S2/c1-28-18-10-17(11-18)25-23(27)20-9-16(22-19(26-20)6-7-30-22)8-14-2-4-15(5-3-14)21-12-29-13-24-21/h2-7,9,12-13,17-18H,8,10-11H2,1H3,(H,25,27). The number of thiophene rings is 1. The average Bonchev–Trinajstić information content (AvgIpc) is 3.42. The highest BCUT2D eigenvalue weighted by Crippen LogP contribution is 2.28. The Balaban J connectivity index is 1.37. The summed E-state index contributed by atoms with van der Waals surface area (Å²) in [7, 11) is 1.71. The highest BCUT2D eigenvalue weighted by Gasteiger charge is 2.30. The quantitative estimate of drug-likeness (QED) is 0.467. The minimum absolute atomic E-state index is 0.109. The molecule has 0 atom stereocenters. The number of aromatic nitrogens is 2. The first kappa shape index (κ1) is 19.4. The first-order chi connectivity index (χ1) is 14.7. The summed E-state index contributed by atoms with van der Waals surface area (Å²) < 4.78 is 6.44. The molecule has 1 N–H and O–H groups in total. The molecule has 1 aliphatic carbocycles. The maximum absolute atomic E-state index is 12.8. The van der Waals surface area contributed by atoms with Crippen molar-refractivity contribution in [3.63, 3.8) is 0 Å². The smallest absolute Gasteiger partial charge is 0.270 e. The van der Waals surface area contributed by atoms with Crippen molar-refractivity contribution in [3.05, 3.63) is 69.5 Å². The van der Waals surface area contributed by atoms with Gasteiger partial charge in [-0.2, -0.15) is 0 Å². The molecule has 1 fully saturated rings. The molecule has 1 amide bonds. The summed E-state index contributed by atoms with van der Waals surface area (Å²) in [4.78, 5) is 21.7. The maximum atomic E-state index is 12.8. The summed E-state index contributed by atoms with van der Waals surface area (Å²) in [5.74, 6) is -0.109. The lowest BCUT2D eigenvalue weighted by molar-refractivity contribution is 0.0175. The molecule has 0 radical (unpaired) electrons. The third-order valence-corrected chi connectivity index (χ3v) is 7.13. The molecule has 0 spiro atoms. The molecule has 0 saturated heterocycles. The first-order valence-electron chi connectivity index (χ1n) is 9.88. The Kier molecular flexibility index (Phi) is 5.33. The largest absolute Gasteiger partial charge is 0.381 e. The van der Waals surface area contributed by atoms with E-state index in [2.05, 4.69) is 44.9 Å². The van der Waals surface area contributed by atoms with Gasteiger partial charge in [0.1, 0.15) is 5.69 Å². The van der Waals surface area contributed by atoms with Crippen LogP contribution in [-0.2, 0) is 11.2 Å². The Morgan fingerprint density at radius 3 is 2.80 bits per heavy atom. The lowest BCUT2D eigenvalue weighted by Gasteiger charge is -2.34. The second kappa shape index (κ2) is 8.26. The minimum Gasteiger partial charge on any atom is -0.381 e. The molecule has 1 saturated carbocycles. The Hall–Kier alpha value is -2.61. The summed E-state index contributed by atoms with van der Waals surface area (Å²) in [6, 6.07) is 12.6. The zero-order chi connectivity index (χ0) is 20.5. The second-order valence-corrected chi connectivity index (χ2v) is 9.18. The van der Waals surface area contributed by atoms with E-state index in [0.29, 0.717) is 5.69 Å². The van der Waals surface area contributed by atoms with Crippen LogP contribution in [0, 0.1) is 0 Å². The van der Waals surface area contributed by atoms with Gasteiger partial charge in [0.15, 0.2) is 0 Å². The normalized spacial score (nSPS) is 18.3. The molecule has 0 bridgehead atoms. The number of carbonyl (C=O) groups excluding carboxylic acids is 1. The van der Waals surface area contributed by atoms with Gasteiger partial charge in [0.25, 0.3) is 5.91 Å². The molecule has 152 valence electrons. The zero-order valence-corrected chi connectivity index (χ0v) is 18.1. The summed E-state index contributed by atoms with van der Waals surface area (Å²) in [6.45, 7) is 0. The van der Waals surface area contributed by atoms with Gasteiger partial charge in [0.05, 0.1) is 27.5 Å². The van der Waals surface area contributed by atoms with Crippen molar-refractivity contribution >= 4 is 38.8 Å². The average molecular weight is 436 g/mol. The predicted molar refractivity (Wildman–Crippen MR) is 121 cm³/mol. The van der Waals surface area contributed by atoms with Gasteiger partial charge in [0, 0.05) is 24.1 Å². The summed E-state index contributed by atoms with van der Waals surface area (Å²) >= 11 is 3.27. The van der Waals surface area contributed by atoms with Crippen molar-refractivity contribution in [3.8, 4) is 11.3 Å². The van der Waals surface area contributed by atoms with Crippen LogP contribution in [0.4, 0.5) is 0 Å². The van der Waals surface area contributed by atoms with E-state index in [4.69, 9.17) is 4.74 Å². The first-order valence-corrected chi connectivity index (χ1v) is 11.7. The molecule has 7 heteroatoms. The lowest BCUT2D eigenvalue weighted by Crippen LogP contribution is -2.47. The van der Waals surface area contributed by atoms with E-state index in [-0.39, 0.29) is 18.1 Å². The summed E-state index contributed by atoms with van der Waals surface area (Å²) in [5, 5.41) is 7.17. The molecule has 1 aliphatic rings. The number of nitrogens with one attached hydrogen (secondary N) is 1. The summed E-state index contributed by atoms with van der Waals surface area (Å²) in [5.41, 5.74) is 7.65. The number of methoxy groups -OCH3 is 1. The number of rotatable bonds is 6. The topological polar surface area (TPSA) is 64.1 Å². The highest BCUT2D eigenvalue weighted by atomic mass is 32.1. The minimum atomic E-state index is -0.109. The van der Waals surface area contributed by atoms with Gasteiger partial charge < -0.3 is 10.1 Å². The number of hydrogen-bond acceptors (Lipinski definition) is 6. The van der Waals surface area contributed by atoms with Crippen molar-refractivity contribution < 1.29 is 9.53 Å². The predicted octanol–water partition coefficient (Wildman–Crippen LogP) is 4.92. The number of ether oxygens (including phenoxy) is 1. The Bertz CT molecular complexity index is 1160. The van der Waals surface area contributed by atoms with Gasteiger partial charge in [-0.15, -0.1) is 22.7 Å². The van der Waals surface area contributed by atoms with Crippen LogP contribution in [0.2, 0.25) is 0 Å². The van der Waals surface area contributed by atoms with Crippen LogP contribution in [0.5, 0.6) is 0 Å². The SMILES string of the molecule is COC1CC(NC(=O)c2cc(Cc3ccc(-c4cscn4)cc3)c3sccc3n2)C1. The van der Waals surface area contributed by atoms with Gasteiger partial charge >= 0.3 is 0 Å². The van der Waals surface area contributed by atoms with E-state index >= 15 is 0 Å². The molecule has 5 nitrogen and oxygen atoms in total. The Morgan fingerprint density at radius 1 is 1.23 bits per heavy atom. The van der Waals surface area contributed by atoms with Gasteiger partial charge in [0.2, 0.25) is 0 Å². The molecule has 0 unspecified atom stereocenters. The molecule has 3 heterocycles. The van der Waals surface area contributed by atoms with Crippen molar-refractivity contribution in [2.24, 2.45) is 0 Å². The van der Waals surface area contributed by atoms with Crippen LogP contribution < -0.4 is 5.32 Å². The van der Waals surface area contributed by atoms with Crippen molar-refractivity contribution in [1.29, 1.82) is 0 Å². The fraction of sp³-hybridized carbons (Fsp3) is 0.261. The van der Waals surface area contributed by atoms with E-state index in [1.54, 1.807) is 29.8 Å². The van der Waals surface area contributed by atoms with E-state index < -0.39 is 0 Å². The van der Waals surface area contributed by atoms with Crippen LogP contribution in [0.3, 0.4) is 0 Å². The van der Waals surface area contributed by atoms with Crippen molar-refractivity contribution in [2.45, 2.75) is 31.4 Å². The monoisotopic (exact) mass is 435 g/mol. The number of pyridine rings is 1. The fourth-order valence-electron chi connectivity index (χ4n) is 3.77. The number of benzene rings is 1. The van der Waals surface area contributed by atoms with Crippen molar-refractivity contribution in [2.75, 3.05) is 7.11 Å². The van der Waals surface area contributed by atoms with Gasteiger partial charge in [-0.3, -0.25) is 4.79 Å². The molecule has 5 rings (SSSR count). The number of nitrogens with zero attached hydrogens (tertiary/aromatic N) is 2. The van der Waals surface area contributed by atoms with E-state index in [1.165, 1.54) is 5.56 Å². The van der Waals surface area contributed by atoms with Crippen LogP contribution in [-0.4, -0.2) is 35.1 Å². The summed E-state index contributed by atoms with van der Waals surface area (Å²) in [6.07, 6.45) is 2.74. The molecule has 0 aliphatic heterocycles. The van der Waals surface area contributed by atoms with Crippen molar-refractivity contribution in [1.82, 2.24) is 15.3 Å². The second-order valence-electron chi connectivity index (χ2n) is 7.55. The Labute approximate surface area is 182 Å². The third-order valence-electron chi connectivity index (χ3n) is 5.56. The van der Waals surface area contributed by atoms with Crippen LogP contribution in [0.1, 0.15) is 34.5 Å². The molecule has 4 aromatic rings. The number of carbonyl (C=O) groups is 1. The molecular weight excluding hydrogens is 414 g/mol. The number of amides is 1.